The minimum absolute atomic E-state index is 0.0104. The molecule has 0 saturated heterocycles. The summed E-state index contributed by atoms with van der Waals surface area (Å²) in [6.45, 7) is 0.386. The van der Waals surface area contributed by atoms with Gasteiger partial charge >= 0.3 is 5.97 Å². The Bertz CT molecular complexity index is 533. The summed E-state index contributed by atoms with van der Waals surface area (Å²) in [5, 5.41) is 11.9. The SMILES string of the molecule is Nc1ccc(Br)c(C(=O)NCC2CCCC2C(=O)O)c1. The maximum absolute atomic E-state index is 12.1. The summed E-state index contributed by atoms with van der Waals surface area (Å²) in [5.41, 5.74) is 6.65. The van der Waals surface area contributed by atoms with Crippen molar-refractivity contribution in [3.63, 3.8) is 0 Å². The molecule has 5 nitrogen and oxygen atoms in total. The summed E-state index contributed by atoms with van der Waals surface area (Å²) in [6.07, 6.45) is 2.44. The molecule has 2 unspecified atom stereocenters. The van der Waals surface area contributed by atoms with Gasteiger partial charge in [-0.3, -0.25) is 9.59 Å². The van der Waals surface area contributed by atoms with Crippen LogP contribution in [0.1, 0.15) is 29.6 Å². The summed E-state index contributed by atoms with van der Waals surface area (Å²) in [5.74, 6) is -1.34. The van der Waals surface area contributed by atoms with E-state index in [0.717, 1.165) is 12.8 Å². The summed E-state index contributed by atoms with van der Waals surface area (Å²) in [6, 6.07) is 5.03. The van der Waals surface area contributed by atoms with E-state index in [1.54, 1.807) is 18.2 Å². The number of nitrogen functional groups attached to an aromatic ring is 1. The smallest absolute Gasteiger partial charge is 0.306 e. The fourth-order valence-corrected chi connectivity index (χ4v) is 3.07. The van der Waals surface area contributed by atoms with Crippen molar-refractivity contribution in [2.24, 2.45) is 11.8 Å². The van der Waals surface area contributed by atoms with Gasteiger partial charge in [0.05, 0.1) is 11.5 Å². The van der Waals surface area contributed by atoms with Gasteiger partial charge in [-0.15, -0.1) is 0 Å². The Kier molecular flexibility index (Phi) is 4.65. The molecular formula is C14H17BrN2O3. The second-order valence-corrected chi connectivity index (χ2v) is 5.94. The quantitative estimate of drug-likeness (QED) is 0.733. The molecule has 4 N–H and O–H groups in total. The largest absolute Gasteiger partial charge is 0.481 e. The molecule has 1 aromatic carbocycles. The van der Waals surface area contributed by atoms with Crippen molar-refractivity contribution < 1.29 is 14.7 Å². The van der Waals surface area contributed by atoms with E-state index in [4.69, 9.17) is 10.8 Å². The molecule has 0 aliphatic heterocycles. The molecule has 1 aliphatic rings. The normalized spacial score (nSPS) is 21.6. The third-order valence-corrected chi connectivity index (χ3v) is 4.43. The summed E-state index contributed by atoms with van der Waals surface area (Å²) in [4.78, 5) is 23.2. The Labute approximate surface area is 125 Å². The fourth-order valence-electron chi connectivity index (χ4n) is 2.64. The van der Waals surface area contributed by atoms with Crippen molar-refractivity contribution in [2.45, 2.75) is 19.3 Å². The number of nitrogens with one attached hydrogen (secondary N) is 1. The van der Waals surface area contributed by atoms with Crippen LogP contribution in [0.25, 0.3) is 0 Å². The number of halogens is 1. The van der Waals surface area contributed by atoms with Crippen LogP contribution in [0.15, 0.2) is 22.7 Å². The average Bonchev–Trinajstić information content (AvgIpc) is 2.87. The highest BCUT2D eigenvalue weighted by atomic mass is 79.9. The first-order chi connectivity index (χ1) is 9.49. The number of carboxylic acid groups (broad SMARTS) is 1. The number of anilines is 1. The van der Waals surface area contributed by atoms with Gasteiger partial charge < -0.3 is 16.2 Å². The lowest BCUT2D eigenvalue weighted by Crippen LogP contribution is -2.33. The van der Waals surface area contributed by atoms with E-state index in [1.165, 1.54) is 0 Å². The lowest BCUT2D eigenvalue weighted by atomic mass is 9.96. The monoisotopic (exact) mass is 340 g/mol. The maximum atomic E-state index is 12.1. The first-order valence-corrected chi connectivity index (χ1v) is 7.34. The molecule has 1 fully saturated rings. The second-order valence-electron chi connectivity index (χ2n) is 5.09. The number of carbonyl (C=O) groups excluding carboxylic acids is 1. The third-order valence-electron chi connectivity index (χ3n) is 3.74. The van der Waals surface area contributed by atoms with E-state index in [9.17, 15) is 9.59 Å². The van der Waals surface area contributed by atoms with Crippen LogP contribution >= 0.6 is 15.9 Å². The van der Waals surface area contributed by atoms with Crippen LogP contribution in [0.2, 0.25) is 0 Å². The number of rotatable bonds is 4. The first kappa shape index (κ1) is 14.8. The number of hydrogen-bond acceptors (Lipinski definition) is 3. The highest BCUT2D eigenvalue weighted by Crippen LogP contribution is 2.31. The summed E-state index contributed by atoms with van der Waals surface area (Å²) >= 11 is 3.31. The van der Waals surface area contributed by atoms with Gasteiger partial charge in [0.15, 0.2) is 0 Å². The molecule has 2 atom stereocenters. The van der Waals surface area contributed by atoms with Crippen LogP contribution < -0.4 is 11.1 Å². The molecule has 0 bridgehead atoms. The van der Waals surface area contributed by atoms with E-state index in [0.29, 0.717) is 28.7 Å². The molecule has 0 heterocycles. The molecule has 6 heteroatoms. The van der Waals surface area contributed by atoms with Crippen molar-refractivity contribution in [3.8, 4) is 0 Å². The van der Waals surface area contributed by atoms with Crippen molar-refractivity contribution in [2.75, 3.05) is 12.3 Å². The Morgan fingerprint density at radius 1 is 1.40 bits per heavy atom. The Morgan fingerprint density at radius 3 is 2.85 bits per heavy atom. The molecule has 0 spiro atoms. The number of aliphatic carboxylic acids is 1. The summed E-state index contributed by atoms with van der Waals surface area (Å²) < 4.78 is 0.672. The van der Waals surface area contributed by atoms with Crippen molar-refractivity contribution in [3.05, 3.63) is 28.2 Å². The van der Waals surface area contributed by atoms with Gasteiger partial charge in [0.25, 0.3) is 5.91 Å². The second kappa shape index (κ2) is 6.26. The van der Waals surface area contributed by atoms with Crippen LogP contribution in [-0.4, -0.2) is 23.5 Å². The predicted octanol–water partition coefficient (Wildman–Crippen LogP) is 2.26. The van der Waals surface area contributed by atoms with E-state index < -0.39 is 5.97 Å². The highest BCUT2D eigenvalue weighted by molar-refractivity contribution is 9.10. The van der Waals surface area contributed by atoms with Crippen LogP contribution in [0.3, 0.4) is 0 Å². The maximum Gasteiger partial charge on any atom is 0.306 e. The average molecular weight is 341 g/mol. The first-order valence-electron chi connectivity index (χ1n) is 6.55. The Balaban J connectivity index is 1.98. The van der Waals surface area contributed by atoms with Crippen LogP contribution in [0.4, 0.5) is 5.69 Å². The van der Waals surface area contributed by atoms with Gasteiger partial charge in [0.1, 0.15) is 0 Å². The fraction of sp³-hybridized carbons (Fsp3) is 0.429. The van der Waals surface area contributed by atoms with Crippen LogP contribution in [0, 0.1) is 11.8 Å². The Hall–Kier alpha value is -1.56. The van der Waals surface area contributed by atoms with Crippen molar-refractivity contribution in [1.29, 1.82) is 0 Å². The number of amides is 1. The predicted molar refractivity (Wildman–Crippen MR) is 79.4 cm³/mol. The lowest BCUT2D eigenvalue weighted by Gasteiger charge is -2.16. The van der Waals surface area contributed by atoms with Gasteiger partial charge in [-0.05, 0) is 52.9 Å². The Morgan fingerprint density at radius 2 is 2.15 bits per heavy atom. The molecule has 1 aliphatic carbocycles. The number of carboxylic acids is 1. The third kappa shape index (κ3) is 3.30. The molecular weight excluding hydrogens is 324 g/mol. The molecule has 1 saturated carbocycles. The topological polar surface area (TPSA) is 92.4 Å². The standard InChI is InChI=1S/C14H17BrN2O3/c15-12-5-4-9(16)6-11(12)13(18)17-7-8-2-1-3-10(8)14(19)20/h4-6,8,10H,1-3,7,16H2,(H,17,18)(H,19,20). The lowest BCUT2D eigenvalue weighted by molar-refractivity contribution is -0.142. The molecule has 108 valence electrons. The highest BCUT2D eigenvalue weighted by Gasteiger charge is 2.32. The van der Waals surface area contributed by atoms with Gasteiger partial charge in [0.2, 0.25) is 0 Å². The minimum Gasteiger partial charge on any atom is -0.481 e. The number of benzene rings is 1. The van der Waals surface area contributed by atoms with Crippen LogP contribution in [-0.2, 0) is 4.79 Å². The molecule has 1 amide bonds. The van der Waals surface area contributed by atoms with E-state index in [-0.39, 0.29) is 17.7 Å². The van der Waals surface area contributed by atoms with Crippen LogP contribution in [0.5, 0.6) is 0 Å². The molecule has 2 rings (SSSR count). The molecule has 0 radical (unpaired) electrons. The van der Waals surface area contributed by atoms with Gasteiger partial charge in [-0.25, -0.2) is 0 Å². The molecule has 20 heavy (non-hydrogen) atoms. The van der Waals surface area contributed by atoms with E-state index in [2.05, 4.69) is 21.2 Å². The number of hydrogen-bond donors (Lipinski definition) is 3. The number of nitrogens with two attached hydrogens (primary N) is 1. The molecule has 0 aromatic heterocycles. The zero-order chi connectivity index (χ0) is 14.7. The van der Waals surface area contributed by atoms with Crippen molar-refractivity contribution >= 4 is 33.5 Å². The summed E-state index contributed by atoms with van der Waals surface area (Å²) in [7, 11) is 0. The number of carbonyl (C=O) groups is 2. The minimum atomic E-state index is -0.771. The zero-order valence-electron chi connectivity index (χ0n) is 10.9. The van der Waals surface area contributed by atoms with Gasteiger partial charge in [0, 0.05) is 16.7 Å². The van der Waals surface area contributed by atoms with Gasteiger partial charge in [-0.1, -0.05) is 6.42 Å². The van der Waals surface area contributed by atoms with E-state index >= 15 is 0 Å². The molecule has 1 aromatic rings. The zero-order valence-corrected chi connectivity index (χ0v) is 12.5. The van der Waals surface area contributed by atoms with E-state index in [1.807, 2.05) is 0 Å². The van der Waals surface area contributed by atoms with Crippen molar-refractivity contribution in [1.82, 2.24) is 5.32 Å². The van der Waals surface area contributed by atoms with Gasteiger partial charge in [-0.2, -0.15) is 0 Å².